The molecular formula is C18H17BrClN3O. The lowest BCUT2D eigenvalue weighted by molar-refractivity contribution is 0.102. The maximum absolute atomic E-state index is 12.4. The van der Waals surface area contributed by atoms with E-state index in [-0.39, 0.29) is 11.1 Å². The van der Waals surface area contributed by atoms with Gasteiger partial charge in [-0.05, 0) is 52.2 Å². The van der Waals surface area contributed by atoms with Crippen LogP contribution < -0.4 is 5.32 Å². The van der Waals surface area contributed by atoms with Crippen LogP contribution >= 0.6 is 27.5 Å². The Balaban J connectivity index is 1.85. The van der Waals surface area contributed by atoms with Crippen LogP contribution in [0.5, 0.6) is 0 Å². The molecule has 3 rings (SSSR count). The summed E-state index contributed by atoms with van der Waals surface area (Å²) in [4.78, 5) is 16.4. The molecule has 124 valence electrons. The summed E-state index contributed by atoms with van der Waals surface area (Å²) in [6.45, 7) is 5.35. The molecule has 1 aromatic carbocycles. The maximum Gasteiger partial charge on any atom is 0.258 e. The van der Waals surface area contributed by atoms with Crippen molar-refractivity contribution < 1.29 is 4.79 Å². The zero-order chi connectivity index (χ0) is 17.3. The summed E-state index contributed by atoms with van der Waals surface area (Å²) < 4.78 is 2.93. The van der Waals surface area contributed by atoms with E-state index in [1.165, 1.54) is 0 Å². The molecule has 0 fully saturated rings. The van der Waals surface area contributed by atoms with Gasteiger partial charge in [-0.3, -0.25) is 4.79 Å². The highest BCUT2D eigenvalue weighted by Gasteiger charge is 2.13. The number of aromatic nitrogens is 2. The highest BCUT2D eigenvalue weighted by atomic mass is 79.9. The number of hydrogen-bond acceptors (Lipinski definition) is 2. The Labute approximate surface area is 154 Å². The third-order valence-corrected chi connectivity index (χ3v) is 4.38. The highest BCUT2D eigenvalue weighted by molar-refractivity contribution is 9.10. The molecule has 0 saturated heterocycles. The first kappa shape index (κ1) is 17.0. The Bertz CT molecular complexity index is 904. The largest absolute Gasteiger partial charge is 0.347 e. The normalized spacial score (nSPS) is 11.2. The molecule has 0 unspecified atom stereocenters. The second kappa shape index (κ2) is 6.95. The fraction of sp³-hybridized carbons (Fsp3) is 0.222. The van der Waals surface area contributed by atoms with Crippen molar-refractivity contribution in [1.82, 2.24) is 9.55 Å². The number of nitrogens with zero attached hydrogens (tertiary/aromatic N) is 2. The van der Waals surface area contributed by atoms with Gasteiger partial charge in [0.15, 0.2) is 0 Å². The van der Waals surface area contributed by atoms with E-state index in [9.17, 15) is 4.79 Å². The minimum Gasteiger partial charge on any atom is -0.347 e. The number of hydrogen-bond donors (Lipinski definition) is 1. The maximum atomic E-state index is 12.4. The van der Waals surface area contributed by atoms with E-state index in [0.717, 1.165) is 23.1 Å². The van der Waals surface area contributed by atoms with Gasteiger partial charge >= 0.3 is 0 Å². The van der Waals surface area contributed by atoms with Crippen molar-refractivity contribution in [3.05, 3.63) is 57.9 Å². The summed E-state index contributed by atoms with van der Waals surface area (Å²) in [5.74, 6) is 0.293. The van der Waals surface area contributed by atoms with E-state index in [1.807, 2.05) is 18.2 Å². The van der Waals surface area contributed by atoms with Crippen molar-refractivity contribution >= 4 is 50.0 Å². The molecule has 1 N–H and O–H groups in total. The van der Waals surface area contributed by atoms with E-state index in [0.29, 0.717) is 16.0 Å². The summed E-state index contributed by atoms with van der Waals surface area (Å²) in [5, 5.41) is 4.15. The number of benzene rings is 1. The molecule has 1 amide bonds. The Morgan fingerprint density at radius 1 is 1.33 bits per heavy atom. The van der Waals surface area contributed by atoms with Crippen LogP contribution in [0.3, 0.4) is 0 Å². The molecule has 0 atom stereocenters. The Morgan fingerprint density at radius 3 is 2.88 bits per heavy atom. The van der Waals surface area contributed by atoms with E-state index < -0.39 is 0 Å². The molecule has 0 radical (unpaired) electrons. The lowest BCUT2D eigenvalue weighted by Crippen LogP contribution is -2.13. The summed E-state index contributed by atoms with van der Waals surface area (Å²) in [6.07, 6.45) is 3.63. The summed E-state index contributed by atoms with van der Waals surface area (Å²) in [5.41, 5.74) is 2.22. The van der Waals surface area contributed by atoms with E-state index >= 15 is 0 Å². The Kier molecular flexibility index (Phi) is 4.92. The molecule has 3 aromatic rings. The van der Waals surface area contributed by atoms with Gasteiger partial charge in [-0.25, -0.2) is 4.98 Å². The van der Waals surface area contributed by atoms with Gasteiger partial charge in [0, 0.05) is 40.0 Å². The summed E-state index contributed by atoms with van der Waals surface area (Å²) in [7, 11) is 0. The second-order valence-corrected chi connectivity index (χ2v) is 7.36. The van der Waals surface area contributed by atoms with E-state index in [1.54, 1.807) is 12.3 Å². The number of carbonyl (C=O) groups is 1. The van der Waals surface area contributed by atoms with Gasteiger partial charge in [0.2, 0.25) is 0 Å². The topological polar surface area (TPSA) is 46.9 Å². The van der Waals surface area contributed by atoms with Crippen LogP contribution in [-0.4, -0.2) is 15.5 Å². The molecular weight excluding hydrogens is 390 g/mol. The highest BCUT2D eigenvalue weighted by Crippen LogP contribution is 2.23. The van der Waals surface area contributed by atoms with Crippen LogP contribution in [-0.2, 0) is 6.54 Å². The van der Waals surface area contributed by atoms with Crippen molar-refractivity contribution in [1.29, 1.82) is 0 Å². The lowest BCUT2D eigenvalue weighted by Gasteiger charge is -2.10. The van der Waals surface area contributed by atoms with Crippen LogP contribution in [0.4, 0.5) is 5.69 Å². The molecule has 0 saturated carbocycles. The number of fused-ring (bicyclic) bond motifs is 1. The molecule has 6 heteroatoms. The molecule has 2 heterocycles. The Hall–Kier alpha value is -1.85. The van der Waals surface area contributed by atoms with Gasteiger partial charge in [-0.15, -0.1) is 0 Å². The van der Waals surface area contributed by atoms with Crippen LogP contribution in [0.2, 0.25) is 5.15 Å². The minimum atomic E-state index is -0.283. The third-order valence-electron chi connectivity index (χ3n) is 3.64. The fourth-order valence-electron chi connectivity index (χ4n) is 2.61. The van der Waals surface area contributed by atoms with Gasteiger partial charge in [0.25, 0.3) is 5.91 Å². The second-order valence-electron chi connectivity index (χ2n) is 6.08. The number of pyridine rings is 1. The molecule has 2 aromatic heterocycles. The smallest absolute Gasteiger partial charge is 0.258 e. The molecule has 24 heavy (non-hydrogen) atoms. The van der Waals surface area contributed by atoms with Crippen molar-refractivity contribution in [2.75, 3.05) is 5.32 Å². The fourth-order valence-corrected chi connectivity index (χ4v) is 3.13. The zero-order valence-electron chi connectivity index (χ0n) is 13.4. The molecule has 0 spiro atoms. The van der Waals surface area contributed by atoms with E-state index in [2.05, 4.69) is 56.9 Å². The number of amides is 1. The molecule has 0 aliphatic carbocycles. The zero-order valence-corrected chi connectivity index (χ0v) is 15.7. The van der Waals surface area contributed by atoms with Crippen molar-refractivity contribution in [3.8, 4) is 0 Å². The first-order valence-corrected chi connectivity index (χ1v) is 8.82. The van der Waals surface area contributed by atoms with Crippen LogP contribution in [0.1, 0.15) is 24.2 Å². The first-order valence-electron chi connectivity index (χ1n) is 7.65. The quantitative estimate of drug-likeness (QED) is 0.593. The molecule has 4 nitrogen and oxygen atoms in total. The monoisotopic (exact) mass is 405 g/mol. The first-order chi connectivity index (χ1) is 11.4. The standard InChI is InChI=1S/C18H17BrClN3O/c1-11(2)10-23-6-5-12-7-14(3-4-16(12)23)22-18(24)15-8-13(19)9-21-17(15)20/h3-9,11H,10H2,1-2H3,(H,22,24). The average molecular weight is 407 g/mol. The van der Waals surface area contributed by atoms with Gasteiger partial charge in [0.1, 0.15) is 5.15 Å². The predicted octanol–water partition coefficient (Wildman–Crippen LogP) is 5.36. The van der Waals surface area contributed by atoms with Crippen LogP contribution in [0, 0.1) is 5.92 Å². The number of rotatable bonds is 4. The summed E-state index contributed by atoms with van der Waals surface area (Å²) >= 11 is 9.31. The SMILES string of the molecule is CC(C)Cn1ccc2cc(NC(=O)c3cc(Br)cnc3Cl)ccc21. The average Bonchev–Trinajstić information content (AvgIpc) is 2.91. The van der Waals surface area contributed by atoms with Crippen LogP contribution in [0.25, 0.3) is 10.9 Å². The molecule has 0 aliphatic heterocycles. The van der Waals surface area contributed by atoms with Crippen LogP contribution in [0.15, 0.2) is 47.2 Å². The number of halogens is 2. The third kappa shape index (κ3) is 3.62. The number of nitrogens with one attached hydrogen (secondary N) is 1. The van der Waals surface area contributed by atoms with Gasteiger partial charge < -0.3 is 9.88 Å². The Morgan fingerprint density at radius 2 is 2.12 bits per heavy atom. The van der Waals surface area contributed by atoms with Gasteiger partial charge in [0.05, 0.1) is 5.56 Å². The van der Waals surface area contributed by atoms with Crippen molar-refractivity contribution in [2.45, 2.75) is 20.4 Å². The van der Waals surface area contributed by atoms with E-state index in [4.69, 9.17) is 11.6 Å². The minimum absolute atomic E-state index is 0.180. The lowest BCUT2D eigenvalue weighted by atomic mass is 10.2. The van der Waals surface area contributed by atoms with Gasteiger partial charge in [-0.2, -0.15) is 0 Å². The van der Waals surface area contributed by atoms with Crippen molar-refractivity contribution in [2.24, 2.45) is 5.92 Å². The molecule has 0 aliphatic rings. The van der Waals surface area contributed by atoms with Gasteiger partial charge in [-0.1, -0.05) is 25.4 Å². The molecule has 0 bridgehead atoms. The van der Waals surface area contributed by atoms with Crippen molar-refractivity contribution in [3.63, 3.8) is 0 Å². The summed E-state index contributed by atoms with van der Waals surface area (Å²) in [6, 6.07) is 9.59. The predicted molar refractivity (Wildman–Crippen MR) is 102 cm³/mol. The number of anilines is 1. The number of carbonyl (C=O) groups excluding carboxylic acids is 1.